The fraction of sp³-hybridized carbons (Fsp3) is 0.153. The number of aliphatic hydroxyl groups is 1. The second kappa shape index (κ2) is 33.4. The van der Waals surface area contributed by atoms with E-state index < -0.39 is 0 Å². The first-order valence-electron chi connectivity index (χ1n) is 41.7. The fourth-order valence-electron chi connectivity index (χ4n) is 17.6. The minimum atomic E-state index is 0.0658. The number of aromatic nitrogens is 8. The molecule has 121 heavy (non-hydrogen) atoms. The lowest BCUT2D eigenvalue weighted by molar-refractivity contribution is 0.282. The highest BCUT2D eigenvalue weighted by molar-refractivity contribution is 6.14. The minimum Gasteiger partial charge on any atom is -0.497 e. The standard InChI is InChI=1S/C25H19N.C23H17N3.C20H25N.C15H15NO2.C15H15N.C13H11N/c1-26-24-14-12-20(18-8-4-2-5-9-18)16-22(24)23-17-21(13-15-25(23)26)19-10-6-3-7-11-19;1-26-22-4-2-18(16-6-10-24-11-7-16)14-20(22)21-15-19(3-5-23(21)26)17-8-12-25-13-9-17;1-13(2)14-7-9-18-16(11-14)17-12-15(20(3,4)5)8-10-19(17)21(18)6;1-16-14-5-3-10(9-17)7-12(14)13-8-11(18-2)4-6-15(13)16;1-10-4-6-14-12(8-10)13-9-11(2)5-7-15(13)16(14)3;1-14-12-8-4-2-6-10(12)11-7-3-5-9-13(11)14/h2-17H,1H3;2-15H,1H3;7-13H,1-6H3;3-8,17H,9H2,1-2H3;4-9H,1-3H3;2-9H,1H3. The molecule has 0 spiro atoms. The van der Waals surface area contributed by atoms with Crippen molar-refractivity contribution in [1.29, 1.82) is 0 Å². The summed E-state index contributed by atoms with van der Waals surface area (Å²) in [7, 11) is 14.4. The lowest BCUT2D eigenvalue weighted by Gasteiger charge is -2.19. The van der Waals surface area contributed by atoms with Crippen LogP contribution in [0.15, 0.2) is 340 Å². The summed E-state index contributed by atoms with van der Waals surface area (Å²) < 4.78 is 18.8. The lowest BCUT2D eigenvalue weighted by atomic mass is 9.86. The zero-order valence-electron chi connectivity index (χ0n) is 71.5. The average molecular weight is 1580 g/mol. The van der Waals surface area contributed by atoms with Gasteiger partial charge in [-0.15, -0.1) is 0 Å². The van der Waals surface area contributed by atoms with Gasteiger partial charge in [0, 0.05) is 198 Å². The van der Waals surface area contributed by atoms with Gasteiger partial charge in [-0.05, 0) is 250 Å². The number of hydrogen-bond acceptors (Lipinski definition) is 4. The number of methoxy groups -OCH3 is 1. The van der Waals surface area contributed by atoms with E-state index in [9.17, 15) is 5.11 Å². The molecule has 0 aliphatic rings. The van der Waals surface area contributed by atoms with Crippen LogP contribution in [0.3, 0.4) is 0 Å². The van der Waals surface area contributed by atoms with Gasteiger partial charge in [-0.1, -0.05) is 197 Å². The Labute approximate surface area is 707 Å². The number of ether oxygens (including phenoxy) is 1. The SMILES string of the molecule is CC(C)c1ccc2c(c1)c1cc(C(C)(C)C)ccc1n2C.COc1ccc2c(c1)c1cc(CO)ccc1n2C.Cc1ccc2c(c1)c1cc(C)ccc1n2C.Cn1c2ccc(-c3ccccc3)cc2c2cc(-c3ccccc3)ccc21.Cn1c2ccc(-c3ccncc3)cc2c2cc(-c3ccncc3)ccc21.Cn1c2ccccc2c2ccccc21. The Bertz CT molecular complexity index is 7010. The van der Waals surface area contributed by atoms with Crippen LogP contribution in [-0.2, 0) is 54.3 Å². The number of nitrogens with zero attached hydrogens (tertiary/aromatic N) is 8. The second-order valence-electron chi connectivity index (χ2n) is 33.4. The molecule has 0 bridgehead atoms. The van der Waals surface area contributed by atoms with Gasteiger partial charge in [-0.3, -0.25) is 9.97 Å². The third kappa shape index (κ3) is 15.5. The molecule has 14 aromatic carbocycles. The van der Waals surface area contributed by atoms with E-state index in [0.717, 1.165) is 27.6 Å². The van der Waals surface area contributed by atoms with E-state index in [2.05, 4.69) is 413 Å². The smallest absolute Gasteiger partial charge is 0.119 e. The molecule has 0 aliphatic carbocycles. The van der Waals surface area contributed by atoms with Gasteiger partial charge in [0.05, 0.1) is 13.7 Å². The van der Waals surface area contributed by atoms with E-state index in [4.69, 9.17) is 4.74 Å². The lowest BCUT2D eigenvalue weighted by Crippen LogP contribution is -2.10. The van der Waals surface area contributed by atoms with Gasteiger partial charge in [0.1, 0.15) is 5.75 Å². The van der Waals surface area contributed by atoms with E-state index in [1.165, 1.54) is 181 Å². The van der Waals surface area contributed by atoms with Crippen molar-refractivity contribution in [1.82, 2.24) is 37.4 Å². The molecule has 0 atom stereocenters. The van der Waals surface area contributed by atoms with Crippen molar-refractivity contribution in [3.63, 3.8) is 0 Å². The Kier molecular flexibility index (Phi) is 21.9. The molecule has 0 saturated carbocycles. The van der Waals surface area contributed by atoms with Gasteiger partial charge in [0.25, 0.3) is 0 Å². The monoisotopic (exact) mass is 1580 g/mol. The van der Waals surface area contributed by atoms with Crippen LogP contribution in [0.25, 0.3) is 175 Å². The van der Waals surface area contributed by atoms with Gasteiger partial charge in [0.2, 0.25) is 0 Å². The molecule has 598 valence electrons. The molecule has 0 saturated heterocycles. The summed E-state index contributed by atoms with van der Waals surface area (Å²) >= 11 is 0. The van der Waals surface area contributed by atoms with Crippen molar-refractivity contribution >= 4 is 131 Å². The molecule has 0 aliphatic heterocycles. The molecule has 0 radical (unpaired) electrons. The fourth-order valence-corrected chi connectivity index (χ4v) is 17.6. The molecule has 1 N–H and O–H groups in total. The summed E-state index contributed by atoms with van der Waals surface area (Å²) in [5, 5.41) is 24.9. The Morgan fingerprint density at radius 3 is 0.959 bits per heavy atom. The first-order chi connectivity index (χ1) is 58.7. The van der Waals surface area contributed by atoms with E-state index >= 15 is 0 Å². The van der Waals surface area contributed by atoms with Crippen molar-refractivity contribution in [3.8, 4) is 50.3 Å². The molecule has 10 heteroatoms. The van der Waals surface area contributed by atoms with Gasteiger partial charge < -0.3 is 37.2 Å². The number of aryl methyl sites for hydroxylation is 8. The number of pyridine rings is 2. The summed E-state index contributed by atoms with van der Waals surface area (Å²) in [5.74, 6) is 1.42. The van der Waals surface area contributed by atoms with E-state index in [-0.39, 0.29) is 12.0 Å². The molecule has 22 rings (SSSR count). The predicted octanol–water partition coefficient (Wildman–Crippen LogP) is 28.0. The third-order valence-electron chi connectivity index (χ3n) is 24.4. The maximum absolute atomic E-state index is 9.25. The maximum Gasteiger partial charge on any atom is 0.119 e. The van der Waals surface area contributed by atoms with Crippen LogP contribution in [0.1, 0.15) is 68.4 Å². The molecule has 8 heterocycles. The van der Waals surface area contributed by atoms with Crippen molar-refractivity contribution in [3.05, 3.63) is 368 Å². The highest BCUT2D eigenvalue weighted by Crippen LogP contribution is 2.40. The summed E-state index contributed by atoms with van der Waals surface area (Å²) in [5.41, 5.74) is 31.6. The molecule has 10 nitrogen and oxygen atoms in total. The molecule has 22 aromatic rings. The Hall–Kier alpha value is -14.1. The van der Waals surface area contributed by atoms with Crippen LogP contribution in [0.2, 0.25) is 0 Å². The van der Waals surface area contributed by atoms with Crippen molar-refractivity contribution in [2.45, 2.75) is 66.4 Å². The largest absolute Gasteiger partial charge is 0.497 e. The van der Waals surface area contributed by atoms with Crippen molar-refractivity contribution < 1.29 is 9.84 Å². The quantitative estimate of drug-likeness (QED) is 0.172. The van der Waals surface area contributed by atoms with Crippen LogP contribution >= 0.6 is 0 Å². The number of para-hydroxylation sites is 2. The normalized spacial score (nSPS) is 11.5. The molecular weight excluding hydrogens is 1480 g/mol. The maximum atomic E-state index is 9.25. The van der Waals surface area contributed by atoms with E-state index in [1.807, 2.05) is 55.1 Å². The molecule has 8 aromatic heterocycles. The Morgan fingerprint density at radius 2 is 0.579 bits per heavy atom. The van der Waals surface area contributed by atoms with Gasteiger partial charge in [0.15, 0.2) is 0 Å². The Balaban J connectivity index is 0.000000105. The highest BCUT2D eigenvalue weighted by atomic mass is 16.5. The third-order valence-corrected chi connectivity index (χ3v) is 24.4. The van der Waals surface area contributed by atoms with Crippen LogP contribution < -0.4 is 4.74 Å². The topological polar surface area (TPSA) is 84.8 Å². The minimum absolute atomic E-state index is 0.0658. The summed E-state index contributed by atoms with van der Waals surface area (Å²) in [6.45, 7) is 15.7. The number of fused-ring (bicyclic) bond motifs is 18. The first kappa shape index (κ1) is 79.4. The van der Waals surface area contributed by atoms with Crippen molar-refractivity contribution in [2.24, 2.45) is 42.3 Å². The van der Waals surface area contributed by atoms with Crippen molar-refractivity contribution in [2.75, 3.05) is 7.11 Å². The first-order valence-corrected chi connectivity index (χ1v) is 41.7. The predicted molar refractivity (Wildman–Crippen MR) is 515 cm³/mol. The summed E-state index contributed by atoms with van der Waals surface area (Å²) in [4.78, 5) is 8.25. The van der Waals surface area contributed by atoms with Crippen LogP contribution in [0.4, 0.5) is 0 Å². The molecule has 0 unspecified atom stereocenters. The van der Waals surface area contributed by atoms with Gasteiger partial charge >= 0.3 is 0 Å². The highest BCUT2D eigenvalue weighted by Gasteiger charge is 2.20. The van der Waals surface area contributed by atoms with E-state index in [0.29, 0.717) is 5.92 Å². The van der Waals surface area contributed by atoms with Gasteiger partial charge in [-0.2, -0.15) is 0 Å². The number of benzene rings is 14. The second-order valence-corrected chi connectivity index (χ2v) is 33.4. The van der Waals surface area contributed by atoms with Crippen LogP contribution in [-0.4, -0.2) is 49.6 Å². The number of aliphatic hydroxyl groups excluding tert-OH is 1. The van der Waals surface area contributed by atoms with Gasteiger partial charge in [-0.25, -0.2) is 0 Å². The van der Waals surface area contributed by atoms with Crippen LogP contribution in [0, 0.1) is 13.8 Å². The molecule has 0 amide bonds. The van der Waals surface area contributed by atoms with Crippen LogP contribution in [0.5, 0.6) is 5.75 Å². The molecular formula is C111H102N8O2. The van der Waals surface area contributed by atoms with E-state index in [1.54, 1.807) is 7.11 Å². The number of hydrogen-bond donors (Lipinski definition) is 1. The molecule has 0 fully saturated rings. The zero-order chi connectivity index (χ0) is 83.9. The summed E-state index contributed by atoms with van der Waals surface area (Å²) in [6, 6.07) is 113. The number of rotatable bonds is 7. The average Bonchev–Trinajstić information content (AvgIpc) is 1.62. The Morgan fingerprint density at radius 1 is 0.281 bits per heavy atom. The zero-order valence-corrected chi connectivity index (χ0v) is 71.5. The summed E-state index contributed by atoms with van der Waals surface area (Å²) in [6.07, 6.45) is 7.35.